The van der Waals surface area contributed by atoms with E-state index in [1.807, 2.05) is 43.9 Å². The number of carbonyl (C=O) groups is 2. The number of carbonyl (C=O) groups excluding carboxylic acids is 1. The maximum atomic E-state index is 13.9. The minimum absolute atomic E-state index is 0.0113. The van der Waals surface area contributed by atoms with Crippen LogP contribution in [-0.4, -0.2) is 83.0 Å². The van der Waals surface area contributed by atoms with Gasteiger partial charge in [0.25, 0.3) is 11.5 Å². The number of benzene rings is 3. The largest absolute Gasteiger partial charge is 0.508 e. The molecule has 4 aromatic heterocycles. The van der Waals surface area contributed by atoms with Crippen molar-refractivity contribution in [2.45, 2.75) is 53.1 Å². The highest BCUT2D eigenvalue weighted by atomic mass is 32.1. The molecule has 67 heavy (non-hydrogen) atoms. The van der Waals surface area contributed by atoms with Crippen LogP contribution in [0.25, 0.3) is 55.7 Å². The topological polar surface area (TPSA) is 212 Å². The molecule has 0 radical (unpaired) electrons. The molecule has 16 nitrogen and oxygen atoms in total. The molecule has 2 aromatic carbocycles. The number of aromatic carboxylic acids is 1. The van der Waals surface area contributed by atoms with E-state index in [2.05, 4.69) is 32.5 Å². The third-order valence-corrected chi connectivity index (χ3v) is 12.4. The van der Waals surface area contributed by atoms with Gasteiger partial charge in [-0.1, -0.05) is 19.4 Å². The Morgan fingerprint density at radius 2 is 1.70 bits per heavy atom. The molecule has 1 fully saturated rings. The molecule has 0 bridgehead atoms. The van der Waals surface area contributed by atoms with Gasteiger partial charge >= 0.3 is 5.97 Å². The number of anilines is 2. The summed E-state index contributed by atoms with van der Waals surface area (Å²) in [5.41, 5.74) is 6.30. The first kappa shape index (κ1) is 44.3. The normalized spacial score (nSPS) is 12.9. The molecule has 3 aliphatic rings. The number of piperazine rings is 1. The van der Waals surface area contributed by atoms with Crippen molar-refractivity contribution < 1.29 is 24.2 Å². The maximum absolute atomic E-state index is 13.9. The number of carboxylic acids is 1. The molecule has 0 atom stereocenters. The highest BCUT2D eigenvalue weighted by Gasteiger charge is 2.25. The number of thiocarbonyl (C=S) groups is 1. The number of aromatic amines is 1. The Labute approximate surface area is 389 Å². The Morgan fingerprint density at radius 3 is 2.43 bits per heavy atom. The van der Waals surface area contributed by atoms with Crippen LogP contribution in [0, 0.1) is 6.92 Å². The summed E-state index contributed by atoms with van der Waals surface area (Å²) < 4.78 is 7.74. The van der Waals surface area contributed by atoms with E-state index in [0.29, 0.717) is 98.1 Å². The van der Waals surface area contributed by atoms with Crippen molar-refractivity contribution in [3.05, 3.63) is 140 Å². The number of phenols is 1. The fraction of sp³-hybridized carbons (Fsp3) is 0.240. The third kappa shape index (κ3) is 8.80. The van der Waals surface area contributed by atoms with Gasteiger partial charge < -0.3 is 40.0 Å². The van der Waals surface area contributed by atoms with Crippen LogP contribution in [0.4, 0.5) is 11.5 Å². The number of rotatable bonds is 11. The lowest BCUT2D eigenvalue weighted by Crippen LogP contribution is -2.50. The lowest BCUT2D eigenvalue weighted by atomic mass is 9.90. The fourth-order valence-electron chi connectivity index (χ4n) is 8.70. The van der Waals surface area contributed by atoms with Crippen LogP contribution >= 0.6 is 12.2 Å². The Balaban J connectivity index is 0.897. The summed E-state index contributed by atoms with van der Waals surface area (Å²) in [7, 11) is 0. The number of hydrogen-bond acceptors (Lipinski definition) is 11. The first-order valence-corrected chi connectivity index (χ1v) is 22.4. The number of aromatic nitrogens is 5. The van der Waals surface area contributed by atoms with Crippen molar-refractivity contribution in [3.8, 4) is 39.5 Å². The lowest BCUT2D eigenvalue weighted by Gasteiger charge is -2.36. The van der Waals surface area contributed by atoms with Gasteiger partial charge in [-0.05, 0) is 111 Å². The van der Waals surface area contributed by atoms with Gasteiger partial charge in [-0.25, -0.2) is 19.4 Å². The molecule has 6 heterocycles. The molecular weight excluding hydrogens is 871 g/mol. The molecule has 5 N–H and O–H groups in total. The number of aromatic hydroxyl groups is 1. The molecule has 6 aromatic rings. The zero-order valence-corrected chi connectivity index (χ0v) is 38.0. The molecule has 1 aliphatic carbocycles. The van der Waals surface area contributed by atoms with Crippen molar-refractivity contribution >= 4 is 62.7 Å². The average Bonchev–Trinajstić information content (AvgIpc) is 3.75. The molecule has 0 unspecified atom stereocenters. The summed E-state index contributed by atoms with van der Waals surface area (Å²) in [4.78, 5) is 68.7. The summed E-state index contributed by atoms with van der Waals surface area (Å²) in [5, 5.41) is 33.0. The van der Waals surface area contributed by atoms with Gasteiger partial charge in [0.1, 0.15) is 22.9 Å². The van der Waals surface area contributed by atoms with Crippen molar-refractivity contribution in [1.29, 1.82) is 0 Å². The molecule has 2 aliphatic heterocycles. The zero-order chi connectivity index (χ0) is 47.1. The molecule has 0 spiro atoms. The van der Waals surface area contributed by atoms with Gasteiger partial charge in [0.05, 0.1) is 28.4 Å². The van der Waals surface area contributed by atoms with Gasteiger partial charge in [-0.2, -0.15) is 5.10 Å². The second-order valence-electron chi connectivity index (χ2n) is 16.9. The van der Waals surface area contributed by atoms with E-state index >= 15 is 0 Å². The van der Waals surface area contributed by atoms with Crippen LogP contribution in [0.2, 0.25) is 0 Å². The number of pyridine rings is 3. The summed E-state index contributed by atoms with van der Waals surface area (Å²) in [5.74, 6) is -0.507. The number of H-pyrrole nitrogens is 1. The number of phenolic OH excluding ortho intramolecular Hbond substituents is 1. The van der Waals surface area contributed by atoms with Crippen molar-refractivity contribution in [1.82, 2.24) is 34.9 Å². The van der Waals surface area contributed by atoms with Crippen molar-refractivity contribution in [2.24, 2.45) is 0 Å². The van der Waals surface area contributed by atoms with Gasteiger partial charge in [0.15, 0.2) is 16.2 Å². The zero-order valence-electron chi connectivity index (χ0n) is 37.2. The van der Waals surface area contributed by atoms with E-state index < -0.39 is 5.97 Å². The van der Waals surface area contributed by atoms with Crippen LogP contribution in [0.5, 0.6) is 5.75 Å². The predicted molar refractivity (Wildman–Crippen MR) is 261 cm³/mol. The van der Waals surface area contributed by atoms with E-state index in [-0.39, 0.29) is 46.6 Å². The molecule has 1 saturated heterocycles. The molecule has 1 amide bonds. The molecule has 17 heteroatoms. The summed E-state index contributed by atoms with van der Waals surface area (Å²) in [6.07, 6.45) is 4.99. The van der Waals surface area contributed by atoms with Gasteiger partial charge in [-0.3, -0.25) is 14.4 Å². The van der Waals surface area contributed by atoms with E-state index in [9.17, 15) is 29.4 Å². The van der Waals surface area contributed by atoms with E-state index in [1.54, 1.807) is 47.4 Å². The quantitative estimate of drug-likeness (QED) is 0.0620. The first-order chi connectivity index (χ1) is 32.3. The van der Waals surface area contributed by atoms with Crippen molar-refractivity contribution in [2.75, 3.05) is 36.4 Å². The second-order valence-corrected chi connectivity index (χ2v) is 17.3. The van der Waals surface area contributed by atoms with E-state index in [0.717, 1.165) is 29.9 Å². The van der Waals surface area contributed by atoms with Crippen molar-refractivity contribution in [3.63, 3.8) is 0 Å². The number of hydrogen-bond donors (Lipinski definition) is 5. The minimum atomic E-state index is -1.16. The van der Waals surface area contributed by atoms with Crippen LogP contribution < -0.4 is 26.5 Å². The standard InChI is InChI=1S/C50H47N9O7S/c1-5-6-29-19-28(4)54-48(63)39(29)25-52-47(62)37-23-41(56-46-40(37)26-53-59(46)27(2)3)30-7-14-44(51-24-30)57-15-17-58(18-16-57)50(67)55-31-8-11-34(38(20-31)49(64)65)45-35-12-9-32(60)21-42(35)66-43-22-33(61)10-13-36(43)45/h7-14,19-24,26-27,60H,5-6,15-18,25H2,1-4H3,(H,52,62)(H,54,63)(H,55,67)(H,64,65). The van der Waals surface area contributed by atoms with Gasteiger partial charge in [0.2, 0.25) is 0 Å². The number of carboxylic acid groups (broad SMARTS) is 1. The van der Waals surface area contributed by atoms with Crippen LogP contribution in [0.3, 0.4) is 0 Å². The average molecular weight is 918 g/mol. The molecule has 9 rings (SSSR count). The van der Waals surface area contributed by atoms with Crippen LogP contribution in [0.15, 0.2) is 105 Å². The summed E-state index contributed by atoms with van der Waals surface area (Å²) in [6.45, 7) is 10.3. The first-order valence-electron chi connectivity index (χ1n) is 22.0. The highest BCUT2D eigenvalue weighted by Crippen LogP contribution is 2.42. The molecule has 0 saturated carbocycles. The highest BCUT2D eigenvalue weighted by molar-refractivity contribution is 7.80. The third-order valence-electron chi connectivity index (χ3n) is 12.0. The SMILES string of the molecule is CCCc1cc(C)[nH]c(=O)c1CNC(=O)c1cc(-c2ccc(N3CCN(C(=S)Nc4ccc(-c5c6ccc(=O)cc-6oc6cc(O)ccc56)c(C(=O)O)c4)CC3)nc2)nc2c1cnn2C(C)C. The van der Waals surface area contributed by atoms with Crippen LogP contribution in [0.1, 0.15) is 70.8 Å². The minimum Gasteiger partial charge on any atom is -0.508 e. The van der Waals surface area contributed by atoms with E-state index in [1.165, 1.54) is 30.3 Å². The Kier molecular flexibility index (Phi) is 12.0. The second kappa shape index (κ2) is 18.2. The predicted octanol–water partition coefficient (Wildman–Crippen LogP) is 7.75. The number of nitrogens with zero attached hydrogens (tertiary/aromatic N) is 6. The molecule has 340 valence electrons. The monoisotopic (exact) mass is 917 g/mol. The fourth-order valence-corrected chi connectivity index (χ4v) is 9.00. The smallest absolute Gasteiger partial charge is 0.336 e. The van der Waals surface area contributed by atoms with E-state index in [4.69, 9.17) is 26.6 Å². The Hall–Kier alpha value is -7.92. The number of amides is 1. The molecular formula is C50H47N9O7S. The van der Waals surface area contributed by atoms with Gasteiger partial charge in [0, 0.05) is 96.1 Å². The number of nitrogens with one attached hydrogen (secondary N) is 3. The Bertz CT molecular complexity index is 3330. The maximum Gasteiger partial charge on any atom is 0.336 e. The number of aryl methyl sites for hydroxylation is 2. The van der Waals surface area contributed by atoms with Crippen LogP contribution in [-0.2, 0) is 13.0 Å². The Morgan fingerprint density at radius 1 is 0.910 bits per heavy atom. The van der Waals surface area contributed by atoms with Gasteiger partial charge in [-0.15, -0.1) is 0 Å². The summed E-state index contributed by atoms with van der Waals surface area (Å²) >= 11 is 5.83. The number of fused-ring (bicyclic) bond motifs is 3. The lowest BCUT2D eigenvalue weighted by molar-refractivity contribution is 0.0697. The summed E-state index contributed by atoms with van der Waals surface area (Å²) in [6, 6.07) is 21.5.